The molecule has 0 aromatic rings. The molecule has 0 amide bonds. The predicted octanol–water partition coefficient (Wildman–Crippen LogP) is 23.3. The molecule has 95 heavy (non-hydrogen) atoms. The summed E-state index contributed by atoms with van der Waals surface area (Å²) >= 11 is 0. The molecule has 0 aromatic carbocycles. The maximum atomic E-state index is 10.2. The number of carbonyl (C=O) groups is 2. The van der Waals surface area contributed by atoms with Crippen molar-refractivity contribution < 1.29 is 26.2 Å². The Morgan fingerprint density at radius 1 is 0.421 bits per heavy atom. The van der Waals surface area contributed by atoms with Crippen molar-refractivity contribution in [3.05, 3.63) is 171 Å². The maximum absolute atomic E-state index is 10.2. The highest BCUT2D eigenvalue weighted by molar-refractivity contribution is 5.66. The van der Waals surface area contributed by atoms with Crippen molar-refractivity contribution in [2.45, 2.75) is 243 Å². The Hall–Kier alpha value is -10.2. The lowest BCUT2D eigenvalue weighted by atomic mass is 10.1. The first-order valence-corrected chi connectivity index (χ1v) is 30.1. The molecule has 0 bridgehead atoms. The van der Waals surface area contributed by atoms with Gasteiger partial charge in [0.1, 0.15) is 13.9 Å². The molecule has 0 atom stereocenters. The third-order valence-corrected chi connectivity index (χ3v) is 9.98. The fourth-order valence-corrected chi connectivity index (χ4v) is 5.71. The minimum Gasteiger partial charge on any atom is -0.481 e. The lowest BCUT2D eigenvalue weighted by Crippen LogP contribution is -1.93. The average molecular weight is 1310 g/mol. The van der Waals surface area contributed by atoms with Crippen LogP contribution in [0.15, 0.2) is 176 Å². The van der Waals surface area contributed by atoms with Crippen LogP contribution in [-0.2, 0) is 14.5 Å². The highest BCUT2D eigenvalue weighted by atomic mass is 17.1. The molecular weight excluding hydrogens is 1180 g/mol. The van der Waals surface area contributed by atoms with Gasteiger partial charge in [-0.3, -0.25) is 9.79 Å². The lowest BCUT2D eigenvalue weighted by Gasteiger charge is -2.01. The fourth-order valence-electron chi connectivity index (χ4n) is 5.71. The van der Waals surface area contributed by atoms with E-state index < -0.39 is 5.97 Å². The number of carbonyl (C=O) groups excluding carboxylic acids is 1. The number of nitriles is 10. The molecule has 0 aromatic heterocycles. The number of nitrogens with zero attached hydrogens (tertiary/aromatic N) is 11. The van der Waals surface area contributed by atoms with E-state index in [1.54, 1.807) is 12.3 Å². The lowest BCUT2D eigenvalue weighted by molar-refractivity contribution is -0.205. The van der Waals surface area contributed by atoms with Gasteiger partial charge >= 0.3 is 5.97 Å². The SMILES string of the molecule is C.C.C.C.C.C1=CCC/C=C\CC1.C=C(CCCCCCCC(=O)O)OO.C=CCN=CC.N#CCC=CCCC=CCC#N.N#CCC=CCCC=CCC#N.N#CCC=CCCC=CCC#N.N#CCC=CCCC=CCC#N.N#CCC=CCCC=CCC#N.[2H]C=O. The van der Waals surface area contributed by atoms with Gasteiger partial charge in [-0.1, -0.05) is 215 Å². The average Bonchev–Trinajstić information content (AvgIpc) is 3.57. The minimum absolute atomic E-state index is 0. The van der Waals surface area contributed by atoms with Crippen molar-refractivity contribution in [2.75, 3.05) is 6.54 Å². The summed E-state index contributed by atoms with van der Waals surface area (Å²) in [5.74, 6) is -0.345. The van der Waals surface area contributed by atoms with E-state index in [9.17, 15) is 4.79 Å². The Bertz CT molecular complexity index is 2090. The number of carboxylic acids is 1. The number of rotatable bonds is 36. The van der Waals surface area contributed by atoms with Gasteiger partial charge in [-0.2, -0.15) is 52.6 Å². The van der Waals surface area contributed by atoms with E-state index in [-0.39, 0.29) is 50.3 Å². The smallest absolute Gasteiger partial charge is 0.303 e. The van der Waals surface area contributed by atoms with Gasteiger partial charge < -0.3 is 14.8 Å². The van der Waals surface area contributed by atoms with Gasteiger partial charge in [0, 0.05) is 12.8 Å². The van der Waals surface area contributed by atoms with Crippen LogP contribution < -0.4 is 0 Å². The van der Waals surface area contributed by atoms with E-state index in [0.717, 1.165) is 103 Å². The van der Waals surface area contributed by atoms with E-state index in [0.29, 0.717) is 76.4 Å². The van der Waals surface area contributed by atoms with Gasteiger partial charge in [-0.15, -0.1) is 6.58 Å². The summed E-state index contributed by atoms with van der Waals surface area (Å²) in [6, 6.07) is 20.3. The molecule has 1 aliphatic carbocycles. The molecule has 2 N–H and O–H groups in total. The predicted molar refractivity (Wildman–Crippen MR) is 399 cm³/mol. The van der Waals surface area contributed by atoms with Crippen LogP contribution in [0.3, 0.4) is 0 Å². The number of allylic oxidation sites excluding steroid dienone is 25. The summed E-state index contributed by atoms with van der Waals surface area (Å²) in [5, 5.41) is 98.4. The molecule has 0 heterocycles. The summed E-state index contributed by atoms with van der Waals surface area (Å²) in [6.45, 7) is 9.60. The van der Waals surface area contributed by atoms with Crippen LogP contribution in [0.4, 0.5) is 0 Å². The molecule has 0 unspecified atom stereocenters. The van der Waals surface area contributed by atoms with Crippen molar-refractivity contribution >= 4 is 18.9 Å². The molecular formula is C79H121N11O5. The van der Waals surface area contributed by atoms with Gasteiger partial charge in [0.05, 0.1) is 131 Å². The van der Waals surface area contributed by atoms with Crippen molar-refractivity contribution in [3.63, 3.8) is 0 Å². The van der Waals surface area contributed by atoms with E-state index in [1.165, 1.54) is 25.7 Å². The first-order chi connectivity index (χ1) is 44.6. The van der Waals surface area contributed by atoms with Crippen LogP contribution in [0.25, 0.3) is 0 Å². The molecule has 0 spiro atoms. The van der Waals surface area contributed by atoms with Gasteiger partial charge in [0.2, 0.25) is 0 Å². The van der Waals surface area contributed by atoms with Crippen LogP contribution in [0.5, 0.6) is 0 Å². The molecule has 522 valence electrons. The third-order valence-electron chi connectivity index (χ3n) is 9.98. The molecule has 1 rings (SSSR count). The van der Waals surface area contributed by atoms with Gasteiger partial charge in [-0.25, -0.2) is 5.26 Å². The zero-order chi connectivity index (χ0) is 69.4. The van der Waals surface area contributed by atoms with Crippen LogP contribution in [0.2, 0.25) is 0 Å². The molecule has 16 nitrogen and oxygen atoms in total. The van der Waals surface area contributed by atoms with Gasteiger partial charge in [-0.05, 0) is 116 Å². The summed E-state index contributed by atoms with van der Waals surface area (Å²) in [4.78, 5) is 26.4. The molecule has 0 fully saturated rings. The van der Waals surface area contributed by atoms with Crippen LogP contribution in [0.1, 0.15) is 244 Å². The van der Waals surface area contributed by atoms with Crippen molar-refractivity contribution in [1.29, 1.82) is 52.6 Å². The second kappa shape index (κ2) is 133. The number of aliphatic imine (C=N–C) groups is 1. The topological polar surface area (TPSA) is 334 Å². The fraction of sp³-hybridized carbons (Fsp3) is 0.481. The summed E-state index contributed by atoms with van der Waals surface area (Å²) < 4.78 is 5.53. The third kappa shape index (κ3) is 168. The van der Waals surface area contributed by atoms with E-state index in [2.05, 4.69) is 47.3 Å². The van der Waals surface area contributed by atoms with Gasteiger partial charge in [0.15, 0.2) is 0 Å². The Labute approximate surface area is 581 Å². The van der Waals surface area contributed by atoms with Crippen LogP contribution >= 0.6 is 0 Å². The highest BCUT2D eigenvalue weighted by Gasteiger charge is 1.98. The normalized spacial score (nSPS) is 10.6. The maximum Gasteiger partial charge on any atom is 0.303 e. The van der Waals surface area contributed by atoms with Crippen LogP contribution in [0, 0.1) is 113 Å². The zero-order valence-electron chi connectivity index (χ0n) is 54.7. The summed E-state index contributed by atoms with van der Waals surface area (Å²) in [7, 11) is 0. The Morgan fingerprint density at radius 2 is 0.611 bits per heavy atom. The first-order valence-electron chi connectivity index (χ1n) is 30.7. The van der Waals surface area contributed by atoms with E-state index in [1.807, 2.05) is 189 Å². The molecule has 16 heteroatoms. The number of hydrogen-bond donors (Lipinski definition) is 2. The Morgan fingerprint density at radius 3 is 0.758 bits per heavy atom. The van der Waals surface area contributed by atoms with E-state index >= 15 is 0 Å². The first kappa shape index (κ1) is 112. The Kier molecular flexibility index (Phi) is 157. The second-order valence-electron chi connectivity index (χ2n) is 17.5. The summed E-state index contributed by atoms with van der Waals surface area (Å²) in [6.07, 6.45) is 75.9. The summed E-state index contributed by atoms with van der Waals surface area (Å²) in [5.41, 5.74) is 0. The van der Waals surface area contributed by atoms with Crippen molar-refractivity contribution in [2.24, 2.45) is 4.99 Å². The Balaban J connectivity index is -0.0000000740. The molecule has 1 aliphatic rings. The number of carboxylic acid groups (broad SMARTS) is 1. The largest absolute Gasteiger partial charge is 0.481 e. The highest BCUT2D eigenvalue weighted by Crippen LogP contribution is 2.11. The quantitative estimate of drug-likeness (QED) is 0.0147. The minimum atomic E-state index is -0.730. The zero-order valence-corrected chi connectivity index (χ0v) is 53.7. The standard InChI is InChI=1S/5C10H12N2.C10H18O4.C8H12.C5H9N.CH2O.5CH4/c5*11-9-7-5-3-1-2-4-6-8-10-12;1-9(14-13)7-5-3-2-4-6-8-10(11)12;1-2-4-6-8-7-5-3-1;1-3-5-6-4-2;1-2;;;;;/h5*3-6H,1-2,7-8H2;13H,1-8H2,(H,11,12);1-2,7-8H,3-6H2;3-4H,1,5H2,2H3;1H2;5*1H4/b;;;;;;2-1-,8-7?;;;;;;;/i;;;;;;;;1D;;;;;. The number of hydrogen-bond acceptors (Lipinski definition) is 15. The number of unbranched alkanes of at least 4 members (excludes halogenated alkanes) is 9. The molecule has 0 radical (unpaired) electrons. The second-order valence-corrected chi connectivity index (χ2v) is 17.5. The van der Waals surface area contributed by atoms with Crippen molar-refractivity contribution in [3.8, 4) is 60.7 Å². The number of aliphatic carboxylic acids is 1. The van der Waals surface area contributed by atoms with Gasteiger partial charge in [0.25, 0.3) is 0 Å². The monoisotopic (exact) mass is 1300 g/mol. The molecule has 0 saturated carbocycles. The molecule has 0 saturated heterocycles. The molecule has 0 aliphatic heterocycles. The van der Waals surface area contributed by atoms with E-state index in [4.69, 9.17) is 69.1 Å². The van der Waals surface area contributed by atoms with Crippen LogP contribution in [-0.4, -0.2) is 35.9 Å². The van der Waals surface area contributed by atoms with Crippen molar-refractivity contribution in [1.82, 2.24) is 0 Å².